The molecule has 1 heterocycles. The van der Waals surface area contributed by atoms with Gasteiger partial charge in [0.05, 0.1) is 6.42 Å². The number of carbonyl (C=O) groups is 1. The maximum atomic E-state index is 11.9. The van der Waals surface area contributed by atoms with Gasteiger partial charge in [0.15, 0.2) is 5.76 Å². The van der Waals surface area contributed by atoms with Gasteiger partial charge in [-0.3, -0.25) is 4.79 Å². The van der Waals surface area contributed by atoms with E-state index in [1.807, 2.05) is 61.5 Å². The Morgan fingerprint density at radius 1 is 1.09 bits per heavy atom. The van der Waals surface area contributed by atoms with Crippen molar-refractivity contribution in [1.82, 2.24) is 5.16 Å². The highest BCUT2D eigenvalue weighted by molar-refractivity contribution is 5.72. The Hall–Kier alpha value is -2.88. The molecule has 0 saturated carbocycles. The van der Waals surface area contributed by atoms with E-state index in [2.05, 4.69) is 5.16 Å². The molecule has 0 bridgehead atoms. The zero-order valence-corrected chi connectivity index (χ0v) is 12.9. The maximum Gasteiger partial charge on any atom is 0.310 e. The lowest BCUT2D eigenvalue weighted by Gasteiger charge is -2.03. The highest BCUT2D eigenvalue weighted by Crippen LogP contribution is 2.20. The molecule has 4 nitrogen and oxygen atoms in total. The Morgan fingerprint density at radius 3 is 2.57 bits per heavy atom. The van der Waals surface area contributed by atoms with Gasteiger partial charge in [-0.05, 0) is 12.5 Å². The van der Waals surface area contributed by atoms with Crippen molar-refractivity contribution in [2.75, 3.05) is 0 Å². The number of esters is 1. The fraction of sp³-hybridized carbons (Fsp3) is 0.158. The molecule has 4 heteroatoms. The number of aryl methyl sites for hydroxylation is 1. The summed E-state index contributed by atoms with van der Waals surface area (Å²) in [6.07, 6.45) is 0.254. The zero-order chi connectivity index (χ0) is 16.1. The summed E-state index contributed by atoms with van der Waals surface area (Å²) in [5.74, 6) is 0.383. The number of carbonyl (C=O) groups excluding carboxylic acids is 1. The molecule has 3 aromatic rings. The molecule has 0 unspecified atom stereocenters. The lowest BCUT2D eigenvalue weighted by molar-refractivity contribution is -0.144. The molecule has 0 saturated heterocycles. The predicted molar refractivity (Wildman–Crippen MR) is 86.6 cm³/mol. The second kappa shape index (κ2) is 6.92. The summed E-state index contributed by atoms with van der Waals surface area (Å²) in [5, 5.41) is 3.93. The third-order valence-electron chi connectivity index (χ3n) is 3.47. The predicted octanol–water partition coefficient (Wildman–Crippen LogP) is 3.94. The molecule has 2 aromatic carbocycles. The summed E-state index contributed by atoms with van der Waals surface area (Å²) in [6.45, 7) is 2.12. The Kier molecular flexibility index (Phi) is 4.52. The highest BCUT2D eigenvalue weighted by atomic mass is 16.5. The van der Waals surface area contributed by atoms with Gasteiger partial charge >= 0.3 is 5.97 Å². The average molecular weight is 307 g/mol. The van der Waals surface area contributed by atoms with Crippen molar-refractivity contribution in [2.24, 2.45) is 0 Å². The topological polar surface area (TPSA) is 52.3 Å². The van der Waals surface area contributed by atoms with Crippen molar-refractivity contribution < 1.29 is 14.1 Å². The zero-order valence-electron chi connectivity index (χ0n) is 12.9. The number of aromatic nitrogens is 1. The third-order valence-corrected chi connectivity index (χ3v) is 3.47. The van der Waals surface area contributed by atoms with E-state index in [9.17, 15) is 4.79 Å². The van der Waals surface area contributed by atoms with E-state index in [-0.39, 0.29) is 19.0 Å². The molecule has 0 fully saturated rings. The summed E-state index contributed by atoms with van der Waals surface area (Å²) in [4.78, 5) is 11.9. The lowest BCUT2D eigenvalue weighted by atomic mass is 10.1. The molecule has 0 spiro atoms. The fourth-order valence-corrected chi connectivity index (χ4v) is 2.20. The summed E-state index contributed by atoms with van der Waals surface area (Å²) < 4.78 is 10.5. The molecule has 0 amide bonds. The fourth-order valence-electron chi connectivity index (χ4n) is 2.20. The first-order chi connectivity index (χ1) is 11.2. The van der Waals surface area contributed by atoms with Crippen LogP contribution in [0.15, 0.2) is 65.2 Å². The number of rotatable bonds is 5. The van der Waals surface area contributed by atoms with Crippen LogP contribution in [0.3, 0.4) is 0 Å². The lowest BCUT2D eigenvalue weighted by Crippen LogP contribution is -2.08. The Labute approximate surface area is 134 Å². The van der Waals surface area contributed by atoms with Gasteiger partial charge in [-0.25, -0.2) is 0 Å². The molecular weight excluding hydrogens is 290 g/mol. The van der Waals surface area contributed by atoms with Crippen LogP contribution >= 0.6 is 0 Å². The first-order valence-electron chi connectivity index (χ1n) is 7.43. The van der Waals surface area contributed by atoms with Gasteiger partial charge in [0, 0.05) is 11.6 Å². The number of hydrogen-bond donors (Lipinski definition) is 0. The minimum atomic E-state index is -0.280. The molecule has 0 N–H and O–H groups in total. The van der Waals surface area contributed by atoms with Gasteiger partial charge in [-0.2, -0.15) is 0 Å². The van der Waals surface area contributed by atoms with Crippen LogP contribution in [-0.4, -0.2) is 11.1 Å². The van der Waals surface area contributed by atoms with Crippen LogP contribution in [0.1, 0.15) is 16.8 Å². The van der Waals surface area contributed by atoms with Crippen molar-refractivity contribution in [3.8, 4) is 11.3 Å². The van der Waals surface area contributed by atoms with E-state index < -0.39 is 0 Å². The van der Waals surface area contributed by atoms with Crippen molar-refractivity contribution in [1.29, 1.82) is 0 Å². The molecule has 3 rings (SSSR count). The van der Waals surface area contributed by atoms with E-state index in [1.54, 1.807) is 6.07 Å². The van der Waals surface area contributed by atoms with Crippen molar-refractivity contribution in [2.45, 2.75) is 20.0 Å². The molecule has 0 radical (unpaired) electrons. The van der Waals surface area contributed by atoms with Crippen LogP contribution in [0.2, 0.25) is 0 Å². The first kappa shape index (κ1) is 15.0. The molecule has 0 aliphatic carbocycles. The Bertz CT molecular complexity index is 776. The molecule has 23 heavy (non-hydrogen) atoms. The van der Waals surface area contributed by atoms with Crippen LogP contribution in [-0.2, 0) is 22.6 Å². The largest absolute Gasteiger partial charge is 0.459 e. The van der Waals surface area contributed by atoms with E-state index in [0.29, 0.717) is 11.5 Å². The quantitative estimate of drug-likeness (QED) is 0.670. The van der Waals surface area contributed by atoms with Crippen LogP contribution < -0.4 is 0 Å². The van der Waals surface area contributed by atoms with Crippen LogP contribution in [0.25, 0.3) is 11.3 Å². The van der Waals surface area contributed by atoms with Gasteiger partial charge in [-0.15, -0.1) is 0 Å². The molecule has 0 aliphatic heterocycles. The number of ether oxygens (including phenoxy) is 1. The standard InChI is InChI=1S/C19H17NO3/c1-14-7-9-15(10-8-14)11-19(21)22-13-17-12-18(23-20-17)16-5-3-2-4-6-16/h2-10,12H,11,13H2,1H3. The maximum absolute atomic E-state index is 11.9. The molecule has 1 aromatic heterocycles. The summed E-state index contributed by atoms with van der Waals surface area (Å²) in [6, 6.07) is 19.3. The van der Waals surface area contributed by atoms with Crippen molar-refractivity contribution in [3.05, 3.63) is 77.5 Å². The number of hydrogen-bond acceptors (Lipinski definition) is 4. The average Bonchev–Trinajstić information content (AvgIpc) is 3.05. The monoisotopic (exact) mass is 307 g/mol. The van der Waals surface area contributed by atoms with E-state index in [0.717, 1.165) is 16.7 Å². The minimum absolute atomic E-state index is 0.112. The van der Waals surface area contributed by atoms with Gasteiger partial charge in [0.2, 0.25) is 0 Å². The summed E-state index contributed by atoms with van der Waals surface area (Å²) >= 11 is 0. The number of benzene rings is 2. The Morgan fingerprint density at radius 2 is 1.83 bits per heavy atom. The smallest absolute Gasteiger partial charge is 0.310 e. The molecular formula is C19H17NO3. The van der Waals surface area contributed by atoms with Gasteiger partial charge in [0.1, 0.15) is 12.3 Å². The SMILES string of the molecule is Cc1ccc(CC(=O)OCc2cc(-c3ccccc3)on2)cc1. The van der Waals surface area contributed by atoms with Crippen molar-refractivity contribution >= 4 is 5.97 Å². The van der Waals surface area contributed by atoms with Gasteiger partial charge < -0.3 is 9.26 Å². The molecule has 0 aliphatic rings. The van der Waals surface area contributed by atoms with E-state index >= 15 is 0 Å². The van der Waals surface area contributed by atoms with Crippen LogP contribution in [0, 0.1) is 6.92 Å². The van der Waals surface area contributed by atoms with Crippen LogP contribution in [0.5, 0.6) is 0 Å². The summed E-state index contributed by atoms with van der Waals surface area (Å²) in [5.41, 5.74) is 3.64. The molecule has 116 valence electrons. The van der Waals surface area contributed by atoms with Crippen LogP contribution in [0.4, 0.5) is 0 Å². The summed E-state index contributed by atoms with van der Waals surface area (Å²) in [7, 11) is 0. The van der Waals surface area contributed by atoms with E-state index in [4.69, 9.17) is 9.26 Å². The second-order valence-electron chi connectivity index (χ2n) is 5.37. The van der Waals surface area contributed by atoms with Gasteiger partial charge in [-0.1, -0.05) is 65.3 Å². The van der Waals surface area contributed by atoms with E-state index in [1.165, 1.54) is 0 Å². The first-order valence-corrected chi connectivity index (χ1v) is 7.43. The second-order valence-corrected chi connectivity index (χ2v) is 5.37. The van der Waals surface area contributed by atoms with Gasteiger partial charge in [0.25, 0.3) is 0 Å². The van der Waals surface area contributed by atoms with Crippen molar-refractivity contribution in [3.63, 3.8) is 0 Å². The third kappa shape index (κ3) is 4.07. The number of nitrogens with zero attached hydrogens (tertiary/aromatic N) is 1. The highest BCUT2D eigenvalue weighted by Gasteiger charge is 2.10. The molecule has 0 atom stereocenters. The Balaban J connectivity index is 1.55. The normalized spacial score (nSPS) is 10.5. The minimum Gasteiger partial charge on any atom is -0.459 e.